The van der Waals surface area contributed by atoms with E-state index in [-0.39, 0.29) is 18.8 Å². The molecule has 0 aliphatic heterocycles. The number of benzene rings is 2. The molecule has 2 rings (SSSR count). The Labute approximate surface area is 131 Å². The number of hydrogen-bond donors (Lipinski definition) is 1. The summed E-state index contributed by atoms with van der Waals surface area (Å²) in [4.78, 5) is 10.3. The van der Waals surface area contributed by atoms with Gasteiger partial charge in [0.15, 0.2) is 0 Å². The van der Waals surface area contributed by atoms with E-state index >= 15 is 0 Å². The van der Waals surface area contributed by atoms with E-state index < -0.39 is 4.92 Å². The van der Waals surface area contributed by atoms with E-state index in [2.05, 4.69) is 0 Å². The highest BCUT2D eigenvalue weighted by Gasteiger charge is 2.12. The fourth-order valence-electron chi connectivity index (χ4n) is 1.80. The van der Waals surface area contributed by atoms with Gasteiger partial charge in [-0.1, -0.05) is 29.3 Å². The van der Waals surface area contributed by atoms with Crippen LogP contribution >= 0.6 is 23.2 Å². The van der Waals surface area contributed by atoms with Crippen LogP contribution in [0.2, 0.25) is 10.0 Å². The van der Waals surface area contributed by atoms with E-state index in [1.54, 1.807) is 18.2 Å². The Morgan fingerprint density at radius 3 is 2.43 bits per heavy atom. The molecule has 0 radical (unpaired) electrons. The zero-order chi connectivity index (χ0) is 15.4. The summed E-state index contributed by atoms with van der Waals surface area (Å²) in [5.41, 5.74) is 6.77. The van der Waals surface area contributed by atoms with Crippen molar-refractivity contribution >= 4 is 28.9 Å². The predicted octanol–water partition coefficient (Wildman–Crippen LogP) is 3.94. The normalized spacial score (nSPS) is 10.4. The number of nitro groups is 1. The van der Waals surface area contributed by atoms with Crippen LogP contribution in [0.5, 0.6) is 5.75 Å². The lowest BCUT2D eigenvalue weighted by atomic mass is 10.1. The minimum atomic E-state index is -0.478. The van der Waals surface area contributed by atoms with Crippen molar-refractivity contribution in [2.45, 2.75) is 13.2 Å². The molecular formula is C14H12Cl2N2O3. The zero-order valence-corrected chi connectivity index (χ0v) is 12.4. The maximum atomic E-state index is 10.7. The van der Waals surface area contributed by atoms with Crippen molar-refractivity contribution in [2.24, 2.45) is 5.73 Å². The molecule has 0 fully saturated rings. The smallest absolute Gasteiger partial charge is 0.270 e. The first-order valence-corrected chi connectivity index (χ1v) is 6.81. The number of nitro benzene ring substituents is 1. The Kier molecular flexibility index (Phi) is 5.01. The average molecular weight is 327 g/mol. The Balaban J connectivity index is 2.22. The van der Waals surface area contributed by atoms with Crippen molar-refractivity contribution in [3.63, 3.8) is 0 Å². The van der Waals surface area contributed by atoms with E-state index in [4.69, 9.17) is 33.7 Å². The van der Waals surface area contributed by atoms with Gasteiger partial charge in [-0.3, -0.25) is 10.1 Å². The maximum Gasteiger partial charge on any atom is 0.270 e. The van der Waals surface area contributed by atoms with Crippen LogP contribution in [-0.4, -0.2) is 4.92 Å². The minimum Gasteiger partial charge on any atom is -0.488 e. The maximum absolute atomic E-state index is 10.7. The lowest BCUT2D eigenvalue weighted by Crippen LogP contribution is -2.04. The molecule has 0 saturated carbocycles. The molecule has 0 aliphatic carbocycles. The highest BCUT2D eigenvalue weighted by molar-refractivity contribution is 6.35. The fraction of sp³-hybridized carbons (Fsp3) is 0.143. The van der Waals surface area contributed by atoms with Crippen molar-refractivity contribution in [1.29, 1.82) is 0 Å². The number of nitrogens with zero attached hydrogens (tertiary/aromatic N) is 1. The van der Waals surface area contributed by atoms with E-state index in [1.165, 1.54) is 18.2 Å². The second kappa shape index (κ2) is 6.76. The molecule has 0 aliphatic rings. The molecule has 0 saturated heterocycles. The summed E-state index contributed by atoms with van der Waals surface area (Å²) in [7, 11) is 0. The number of rotatable bonds is 5. The van der Waals surface area contributed by atoms with Gasteiger partial charge >= 0.3 is 0 Å². The number of non-ortho nitro benzene ring substituents is 1. The summed E-state index contributed by atoms with van der Waals surface area (Å²) in [5, 5.41) is 11.7. The van der Waals surface area contributed by atoms with Crippen molar-refractivity contribution in [3.8, 4) is 5.75 Å². The Bertz CT molecular complexity index is 657. The van der Waals surface area contributed by atoms with Crippen molar-refractivity contribution < 1.29 is 9.66 Å². The van der Waals surface area contributed by atoms with Crippen LogP contribution < -0.4 is 10.5 Å². The van der Waals surface area contributed by atoms with Crippen molar-refractivity contribution in [3.05, 3.63) is 67.7 Å². The van der Waals surface area contributed by atoms with Gasteiger partial charge in [0.05, 0.1) is 4.92 Å². The largest absolute Gasteiger partial charge is 0.488 e. The first-order chi connectivity index (χ1) is 10.0. The lowest BCUT2D eigenvalue weighted by molar-refractivity contribution is -0.384. The summed E-state index contributed by atoms with van der Waals surface area (Å²) >= 11 is 12.1. The highest BCUT2D eigenvalue weighted by Crippen LogP contribution is 2.28. The summed E-state index contributed by atoms with van der Waals surface area (Å²) in [5.74, 6) is 0.471. The Hall–Kier alpha value is -1.82. The molecule has 0 amide bonds. The first-order valence-electron chi connectivity index (χ1n) is 6.06. The highest BCUT2D eigenvalue weighted by atomic mass is 35.5. The van der Waals surface area contributed by atoms with Crippen LogP contribution in [0, 0.1) is 10.1 Å². The van der Waals surface area contributed by atoms with Crippen LogP contribution in [-0.2, 0) is 13.2 Å². The summed E-state index contributed by atoms with van der Waals surface area (Å²) in [6.45, 7) is 0.288. The van der Waals surface area contributed by atoms with Crippen LogP contribution in [0.25, 0.3) is 0 Å². The van der Waals surface area contributed by atoms with Crippen LogP contribution in [0.1, 0.15) is 11.1 Å². The van der Waals surface area contributed by atoms with E-state index in [0.717, 1.165) is 0 Å². The molecule has 2 N–H and O–H groups in total. The standard InChI is InChI=1S/C14H12Cl2N2O3/c15-12-2-1-3-13(16)11(12)8-21-14-5-4-10(18(19)20)6-9(14)7-17/h1-6H,7-8,17H2. The molecule has 21 heavy (non-hydrogen) atoms. The third-order valence-electron chi connectivity index (χ3n) is 2.91. The van der Waals surface area contributed by atoms with E-state index in [1.807, 2.05) is 0 Å². The van der Waals surface area contributed by atoms with E-state index in [0.29, 0.717) is 26.9 Å². The molecule has 7 heteroatoms. The molecule has 5 nitrogen and oxygen atoms in total. The number of ether oxygens (including phenoxy) is 1. The summed E-state index contributed by atoms with van der Waals surface area (Å²) in [6, 6.07) is 9.44. The summed E-state index contributed by atoms with van der Waals surface area (Å²) < 4.78 is 5.64. The van der Waals surface area contributed by atoms with Gasteiger partial charge in [-0.05, 0) is 18.2 Å². The molecule has 0 atom stereocenters. The molecule has 2 aromatic rings. The van der Waals surface area contributed by atoms with Gasteiger partial charge in [0.2, 0.25) is 0 Å². The zero-order valence-electron chi connectivity index (χ0n) is 10.9. The molecule has 0 aromatic heterocycles. The van der Waals surface area contributed by atoms with Gasteiger partial charge in [0, 0.05) is 39.8 Å². The third kappa shape index (κ3) is 3.64. The van der Waals surface area contributed by atoms with Crippen LogP contribution in [0.3, 0.4) is 0 Å². The van der Waals surface area contributed by atoms with Gasteiger partial charge in [-0.2, -0.15) is 0 Å². The van der Waals surface area contributed by atoms with Gasteiger partial charge in [-0.25, -0.2) is 0 Å². The van der Waals surface area contributed by atoms with Crippen molar-refractivity contribution in [1.82, 2.24) is 0 Å². The number of halogens is 2. The SMILES string of the molecule is NCc1cc([N+](=O)[O-])ccc1OCc1c(Cl)cccc1Cl. The van der Waals surface area contributed by atoms with Gasteiger partial charge < -0.3 is 10.5 Å². The molecular weight excluding hydrogens is 315 g/mol. The Morgan fingerprint density at radius 1 is 1.19 bits per heavy atom. The number of nitrogens with two attached hydrogens (primary N) is 1. The average Bonchev–Trinajstić information content (AvgIpc) is 2.46. The second-order valence-corrected chi connectivity index (χ2v) is 5.06. The predicted molar refractivity (Wildman–Crippen MR) is 81.8 cm³/mol. The minimum absolute atomic E-state index is 0.0291. The molecule has 110 valence electrons. The molecule has 0 bridgehead atoms. The first kappa shape index (κ1) is 15.6. The molecule has 0 spiro atoms. The second-order valence-electron chi connectivity index (χ2n) is 4.24. The van der Waals surface area contributed by atoms with Crippen LogP contribution in [0.4, 0.5) is 5.69 Å². The topological polar surface area (TPSA) is 78.4 Å². The monoisotopic (exact) mass is 326 g/mol. The third-order valence-corrected chi connectivity index (χ3v) is 3.62. The quantitative estimate of drug-likeness (QED) is 0.666. The van der Waals surface area contributed by atoms with Crippen molar-refractivity contribution in [2.75, 3.05) is 0 Å². The van der Waals surface area contributed by atoms with Gasteiger partial charge in [0.25, 0.3) is 5.69 Å². The summed E-state index contributed by atoms with van der Waals surface area (Å²) in [6.07, 6.45) is 0. The van der Waals surface area contributed by atoms with Gasteiger partial charge in [0.1, 0.15) is 12.4 Å². The lowest BCUT2D eigenvalue weighted by Gasteiger charge is -2.12. The Morgan fingerprint density at radius 2 is 1.86 bits per heavy atom. The molecule has 0 heterocycles. The van der Waals surface area contributed by atoms with Crippen LogP contribution in [0.15, 0.2) is 36.4 Å². The van der Waals surface area contributed by atoms with E-state index in [9.17, 15) is 10.1 Å². The molecule has 2 aromatic carbocycles. The number of hydrogen-bond acceptors (Lipinski definition) is 4. The fourth-order valence-corrected chi connectivity index (χ4v) is 2.31. The molecule has 0 unspecified atom stereocenters. The van der Waals surface area contributed by atoms with Gasteiger partial charge in [-0.15, -0.1) is 0 Å².